The number of hydrogen-bond donors (Lipinski definition) is 0. The van der Waals surface area contributed by atoms with Crippen molar-refractivity contribution in [2.75, 3.05) is 0 Å². The molecule has 15 nitrogen and oxygen atoms in total. The fraction of sp³-hybridized carbons (Fsp3) is 1.00. The minimum atomic E-state index is -4.12. The largest absolute Gasteiger partial charge is 0.578 e. The molecule has 0 aromatic rings. The first-order chi connectivity index (χ1) is 16.4. The summed E-state index contributed by atoms with van der Waals surface area (Å²) in [4.78, 5) is 0. The van der Waals surface area contributed by atoms with Crippen LogP contribution in [-0.4, -0.2) is 118 Å². The molecule has 0 radical (unpaired) electrons. The van der Waals surface area contributed by atoms with Crippen LogP contribution in [0.2, 0.25) is 19.1 Å². The first-order valence-corrected chi connectivity index (χ1v) is 45.3. The summed E-state index contributed by atoms with van der Waals surface area (Å²) in [5.74, 6) is 0. The average molecular weight is 749 g/mol. The molecule has 0 aliphatic heterocycles. The molecule has 0 aromatic carbocycles. The van der Waals surface area contributed by atoms with E-state index in [1.165, 1.54) is 0 Å². The summed E-state index contributed by atoms with van der Waals surface area (Å²) in [6.45, 7) is 5.25. The second kappa shape index (κ2) is 16.4. The van der Waals surface area contributed by atoms with Gasteiger partial charge in [-0.25, -0.2) is 0 Å². The first-order valence-electron chi connectivity index (χ1n) is 9.65. The van der Waals surface area contributed by atoms with Gasteiger partial charge < -0.3 is 66.6 Å². The van der Waals surface area contributed by atoms with Gasteiger partial charge in [0.25, 0.3) is 0 Å². The summed E-state index contributed by atoms with van der Waals surface area (Å²) in [5, 5.41) is 0. The van der Waals surface area contributed by atoms with Crippen molar-refractivity contribution in [2.24, 2.45) is 0 Å². The summed E-state index contributed by atoms with van der Waals surface area (Å²) in [7, 11) is -54.9. The van der Waals surface area contributed by atoms with E-state index < -0.39 is 118 Å². The van der Waals surface area contributed by atoms with Gasteiger partial charge in [-0.15, -0.1) is 0 Å². The molecule has 0 saturated carbocycles. The van der Waals surface area contributed by atoms with Crippen LogP contribution in [-0.2, 0) is 66.6 Å². The van der Waals surface area contributed by atoms with E-state index in [0.717, 1.165) is 12.8 Å². The molecule has 36 heavy (non-hydrogen) atoms. The van der Waals surface area contributed by atoms with E-state index in [-0.39, 0.29) is 0 Å². The zero-order chi connectivity index (χ0) is 28.5. The van der Waals surface area contributed by atoms with Crippen molar-refractivity contribution in [3.8, 4) is 0 Å². The molecule has 0 amide bonds. The van der Waals surface area contributed by atoms with Crippen LogP contribution in [0.5, 0.6) is 0 Å². The maximum absolute atomic E-state index is 12.4. The maximum atomic E-state index is 12.4. The van der Waals surface area contributed by atoms with Gasteiger partial charge in [-0.1, -0.05) is 19.8 Å². The molecule has 0 unspecified atom stereocenters. The van der Waals surface area contributed by atoms with E-state index in [2.05, 4.69) is 0 Å². The van der Waals surface area contributed by atoms with Gasteiger partial charge in [0.05, 0.1) is 0 Å². The standard InChI is InChI=1S/C6H16O15Si15/c1-4-5-6-36(2,3)21-23(8)25(10)27(12)29(14)31(16)33(18)35(20)34(19)32(17)30(15)28(13)26(11)24(9)22-7/h22H,4-6H2,1-3H3. The Bertz CT molecular complexity index is 1180. The van der Waals surface area contributed by atoms with Crippen molar-refractivity contribution < 1.29 is 66.6 Å². The fourth-order valence-electron chi connectivity index (χ4n) is 2.14. The van der Waals surface area contributed by atoms with E-state index in [0.29, 0.717) is 6.04 Å². The average Bonchev–Trinajstić information content (AvgIpc) is 2.85. The van der Waals surface area contributed by atoms with Crippen LogP contribution in [0.15, 0.2) is 0 Å². The highest BCUT2D eigenvalue weighted by molar-refractivity contribution is 7.79. The lowest BCUT2D eigenvalue weighted by Crippen LogP contribution is -2.55. The summed E-state index contributed by atoms with van der Waals surface area (Å²) >= 11 is 0. The monoisotopic (exact) mass is 748 g/mol. The smallest absolute Gasteiger partial charge is 0.532 e. The predicted octanol–water partition coefficient (Wildman–Crippen LogP) is -4.79. The zero-order valence-electron chi connectivity index (χ0n) is 18.8. The van der Waals surface area contributed by atoms with Gasteiger partial charge in [0, 0.05) is 0 Å². The van der Waals surface area contributed by atoms with Crippen LogP contribution in [0.4, 0.5) is 0 Å². The van der Waals surface area contributed by atoms with Gasteiger partial charge in [-0.2, -0.15) is 0 Å². The third kappa shape index (κ3) is 10.4. The van der Waals surface area contributed by atoms with Gasteiger partial charge in [-0.05, 0) is 19.1 Å². The molecule has 0 saturated heterocycles. The van der Waals surface area contributed by atoms with Crippen LogP contribution < -0.4 is 0 Å². The van der Waals surface area contributed by atoms with E-state index >= 15 is 0 Å². The topological polar surface area (TPSA) is 248 Å². The predicted molar refractivity (Wildman–Crippen MR) is 130 cm³/mol. The van der Waals surface area contributed by atoms with Gasteiger partial charge in [-0.3, -0.25) is 0 Å². The third-order valence-electron chi connectivity index (χ3n) is 4.08. The summed E-state index contributed by atoms with van der Waals surface area (Å²) in [5.41, 5.74) is 0. The van der Waals surface area contributed by atoms with Crippen molar-refractivity contribution in [2.45, 2.75) is 38.9 Å². The third-order valence-corrected chi connectivity index (χ3v) is 104. The number of rotatable bonds is 18. The molecule has 0 atom stereocenters. The van der Waals surface area contributed by atoms with Crippen LogP contribution in [0.25, 0.3) is 0 Å². The van der Waals surface area contributed by atoms with Gasteiger partial charge in [0.1, 0.15) is 0 Å². The second-order valence-corrected chi connectivity index (χ2v) is 74.2. The van der Waals surface area contributed by atoms with Crippen molar-refractivity contribution in [1.29, 1.82) is 0 Å². The van der Waals surface area contributed by atoms with Gasteiger partial charge >= 0.3 is 110 Å². The molecule has 0 N–H and O–H groups in total. The highest BCUT2D eigenvalue weighted by Crippen LogP contribution is 2.14. The summed E-state index contributed by atoms with van der Waals surface area (Å²) in [6, 6.07) is 0.546. The zero-order valence-corrected chi connectivity index (χ0v) is 34.0. The minimum absolute atomic E-state index is 0.546. The lowest BCUT2D eigenvalue weighted by molar-refractivity contribution is 0.457. The van der Waals surface area contributed by atoms with Crippen LogP contribution >= 0.6 is 0 Å². The molecular weight excluding hydrogens is 733 g/mol. The Morgan fingerprint density at radius 2 is 0.861 bits per heavy atom. The van der Waals surface area contributed by atoms with Crippen molar-refractivity contribution in [1.82, 2.24) is 0 Å². The summed E-state index contributed by atoms with van der Waals surface area (Å²) in [6.07, 6.45) is 1.53. The van der Waals surface area contributed by atoms with E-state index in [9.17, 15) is 62.5 Å². The molecule has 0 aromatic heterocycles. The summed E-state index contributed by atoms with van der Waals surface area (Å²) < 4.78 is 174. The highest BCUT2D eigenvalue weighted by atomic mass is 30.1. The molecular formula is C6H16O15Si15. The molecule has 190 valence electrons. The number of hydrogen-bond acceptors (Lipinski definition) is 15. The molecule has 30 heteroatoms. The molecule has 0 fully saturated rings. The van der Waals surface area contributed by atoms with E-state index in [1.807, 2.05) is 6.92 Å². The van der Waals surface area contributed by atoms with E-state index in [4.69, 9.17) is 4.12 Å². The Labute approximate surface area is 222 Å². The molecule has 0 heterocycles. The lowest BCUT2D eigenvalue weighted by atomic mass is 10.4. The molecule has 0 rings (SSSR count). The first kappa shape index (κ1) is 36.3. The fourth-order valence-corrected chi connectivity index (χ4v) is 142. The quantitative estimate of drug-likeness (QED) is 0.119. The minimum Gasteiger partial charge on any atom is -0.578 e. The Balaban J connectivity index is 5.46. The van der Waals surface area contributed by atoms with Crippen molar-refractivity contribution in [3.05, 3.63) is 0 Å². The SMILES string of the molecule is CCCC[Si](C)(C)O[Si](=O)[Si](=O)[Si](=O)[Si](=O)[Si](=O)[Si](=O)[Si](=O)[Si](=O)[Si](=O)[Si](=O)[Si](=O)[Si](=O)[Si](=O)[SiH]=O. The van der Waals surface area contributed by atoms with Crippen LogP contribution in [0.1, 0.15) is 19.8 Å². The Morgan fingerprint density at radius 3 is 1.17 bits per heavy atom. The second-order valence-electron chi connectivity index (χ2n) is 7.36. The van der Waals surface area contributed by atoms with Crippen LogP contribution in [0.3, 0.4) is 0 Å². The Morgan fingerprint density at radius 1 is 0.556 bits per heavy atom. The Hall–Kier alpha value is 0.253. The normalized spacial score (nSPS) is 10.3. The Kier molecular flexibility index (Phi) is 16.5. The highest BCUT2D eigenvalue weighted by Gasteiger charge is 2.54. The molecule has 0 aliphatic rings. The molecule has 0 bridgehead atoms. The maximum Gasteiger partial charge on any atom is 0.532 e. The van der Waals surface area contributed by atoms with E-state index in [1.54, 1.807) is 13.1 Å². The molecule has 0 aliphatic carbocycles. The van der Waals surface area contributed by atoms with Crippen molar-refractivity contribution in [3.63, 3.8) is 0 Å². The number of unbranched alkanes of at least 4 members (excludes halogenated alkanes) is 1. The van der Waals surface area contributed by atoms with Gasteiger partial charge in [0.2, 0.25) is 8.32 Å². The van der Waals surface area contributed by atoms with Crippen molar-refractivity contribution >= 4 is 118 Å². The lowest BCUT2D eigenvalue weighted by Gasteiger charge is -2.22. The van der Waals surface area contributed by atoms with Gasteiger partial charge in [0.15, 0.2) is 0 Å². The van der Waals surface area contributed by atoms with Crippen LogP contribution in [0, 0.1) is 0 Å². The molecule has 0 spiro atoms.